The number of carboxylic acid groups (broad SMARTS) is 1. The van der Waals surface area contributed by atoms with Crippen LogP contribution in [0.5, 0.6) is 0 Å². The van der Waals surface area contributed by atoms with Crippen molar-refractivity contribution in [2.75, 3.05) is 20.2 Å². The minimum Gasteiger partial charge on any atom is -0.478 e. The minimum absolute atomic E-state index is 0.0540. The zero-order chi connectivity index (χ0) is 20.1. The lowest BCUT2D eigenvalue weighted by Gasteiger charge is -2.29. The van der Waals surface area contributed by atoms with E-state index in [1.165, 1.54) is 18.2 Å². The third kappa shape index (κ3) is 4.32. The first-order valence-electron chi connectivity index (χ1n) is 8.25. The Hall–Kier alpha value is -3.20. The van der Waals surface area contributed by atoms with Gasteiger partial charge in [-0.2, -0.15) is 0 Å². The number of carboxylic acids is 1. The predicted molar refractivity (Wildman–Crippen MR) is 96.9 cm³/mol. The largest absolute Gasteiger partial charge is 0.478 e. The number of carbonyl (C=O) groups excluding carboxylic acids is 1. The van der Waals surface area contributed by atoms with Crippen LogP contribution in [0.3, 0.4) is 0 Å². The zero-order valence-corrected chi connectivity index (χ0v) is 15.2. The second-order valence-electron chi connectivity index (χ2n) is 6.03. The monoisotopic (exact) mass is 375 g/mol. The number of esters is 1. The zero-order valence-electron chi connectivity index (χ0n) is 15.2. The average molecular weight is 375 g/mol. The Kier molecular flexibility index (Phi) is 6.30. The normalized spacial score (nSPS) is 16.8. The molecule has 0 aliphatic carbocycles. The molecule has 3 N–H and O–H groups in total. The number of nitrogens with one attached hydrogen (secondary N) is 2. The Morgan fingerprint density at radius 1 is 1.30 bits per heavy atom. The molecule has 0 saturated heterocycles. The van der Waals surface area contributed by atoms with Crippen LogP contribution in [-0.2, 0) is 14.3 Å². The molecular weight excluding hydrogens is 354 g/mol. The summed E-state index contributed by atoms with van der Waals surface area (Å²) >= 11 is 0. The maximum atomic E-state index is 12.7. The van der Waals surface area contributed by atoms with Crippen molar-refractivity contribution >= 4 is 17.6 Å². The van der Waals surface area contributed by atoms with Crippen LogP contribution in [-0.4, -0.2) is 42.2 Å². The van der Waals surface area contributed by atoms with Gasteiger partial charge in [0.05, 0.1) is 22.0 Å². The molecular formula is C18H21N3O6. The van der Waals surface area contributed by atoms with E-state index in [4.69, 9.17) is 4.74 Å². The number of dihydropyridines is 1. The van der Waals surface area contributed by atoms with E-state index in [9.17, 15) is 24.8 Å². The number of nitro groups is 1. The number of aliphatic carboxylic acids is 1. The van der Waals surface area contributed by atoms with Gasteiger partial charge < -0.3 is 20.5 Å². The summed E-state index contributed by atoms with van der Waals surface area (Å²) in [5.41, 5.74) is 1.03. The van der Waals surface area contributed by atoms with E-state index >= 15 is 0 Å². The van der Waals surface area contributed by atoms with E-state index < -0.39 is 22.8 Å². The highest BCUT2D eigenvalue weighted by molar-refractivity contribution is 5.99. The van der Waals surface area contributed by atoms with E-state index in [2.05, 4.69) is 10.6 Å². The maximum absolute atomic E-state index is 12.7. The number of nitro benzene ring substituents is 1. The van der Waals surface area contributed by atoms with Crippen molar-refractivity contribution in [2.24, 2.45) is 0 Å². The highest BCUT2D eigenvalue weighted by Gasteiger charge is 2.37. The third-order valence-corrected chi connectivity index (χ3v) is 4.21. The van der Waals surface area contributed by atoms with Gasteiger partial charge in [0.1, 0.15) is 6.61 Å². The minimum atomic E-state index is -1.22. The van der Waals surface area contributed by atoms with Crippen molar-refractivity contribution in [1.82, 2.24) is 10.6 Å². The summed E-state index contributed by atoms with van der Waals surface area (Å²) in [5.74, 6) is -2.87. The number of hydrogen-bond acceptors (Lipinski definition) is 7. The molecule has 27 heavy (non-hydrogen) atoms. The second-order valence-corrected chi connectivity index (χ2v) is 6.03. The highest BCUT2D eigenvalue weighted by Crippen LogP contribution is 2.39. The number of hydrogen-bond donors (Lipinski definition) is 3. The molecule has 9 nitrogen and oxygen atoms in total. The summed E-state index contributed by atoms with van der Waals surface area (Å²) < 4.78 is 5.24. The molecule has 1 atom stereocenters. The van der Waals surface area contributed by atoms with E-state index in [-0.39, 0.29) is 23.4 Å². The lowest BCUT2D eigenvalue weighted by atomic mass is 9.80. The molecule has 0 radical (unpaired) electrons. The predicted octanol–water partition coefficient (Wildman–Crippen LogP) is 1.68. The number of non-ortho nitro benzene ring substituents is 1. The molecule has 0 saturated carbocycles. The van der Waals surface area contributed by atoms with Gasteiger partial charge in [-0.25, -0.2) is 9.59 Å². The van der Waals surface area contributed by atoms with Crippen LogP contribution >= 0.6 is 0 Å². The third-order valence-electron chi connectivity index (χ3n) is 4.21. The molecule has 0 amide bonds. The van der Waals surface area contributed by atoms with Crippen LogP contribution in [0.4, 0.5) is 5.69 Å². The molecule has 0 aromatic heterocycles. The van der Waals surface area contributed by atoms with Crippen molar-refractivity contribution in [3.8, 4) is 0 Å². The molecule has 9 heteroatoms. The Morgan fingerprint density at radius 2 is 1.96 bits per heavy atom. The SMILES string of the molecule is CNCCOC(=O)C1=C(C)NC(C)=C(C(=O)O)C1c1cccc([N+](=O)[O-])c1. The number of allylic oxidation sites excluding steroid dienone is 2. The van der Waals surface area contributed by atoms with Crippen LogP contribution in [0.2, 0.25) is 0 Å². The quantitative estimate of drug-likeness (QED) is 0.284. The molecule has 1 aromatic rings. The fraction of sp³-hybridized carbons (Fsp3) is 0.333. The topological polar surface area (TPSA) is 131 Å². The number of rotatable bonds is 7. The maximum Gasteiger partial charge on any atom is 0.336 e. The molecule has 144 valence electrons. The van der Waals surface area contributed by atoms with Gasteiger partial charge in [-0.05, 0) is 26.5 Å². The summed E-state index contributed by atoms with van der Waals surface area (Å²) in [6, 6.07) is 5.61. The van der Waals surface area contributed by atoms with Crippen molar-refractivity contribution in [3.05, 3.63) is 62.5 Å². The molecule has 1 aliphatic heterocycles. The molecule has 0 fully saturated rings. The van der Waals surface area contributed by atoms with Crippen molar-refractivity contribution in [2.45, 2.75) is 19.8 Å². The Morgan fingerprint density at radius 3 is 2.56 bits per heavy atom. The summed E-state index contributed by atoms with van der Waals surface area (Å²) in [6.45, 7) is 3.77. The summed E-state index contributed by atoms with van der Waals surface area (Å²) in [4.78, 5) is 35.1. The summed E-state index contributed by atoms with van der Waals surface area (Å²) in [6.07, 6.45) is 0. The summed E-state index contributed by atoms with van der Waals surface area (Å²) in [7, 11) is 1.71. The standard InChI is InChI=1S/C18H21N3O6/c1-10-14(17(22)23)16(12-5-4-6-13(9-12)21(25)26)15(11(2)20-10)18(24)27-8-7-19-3/h4-6,9,16,19-20H,7-8H2,1-3H3,(H,22,23). The fourth-order valence-corrected chi connectivity index (χ4v) is 3.02. The summed E-state index contributed by atoms with van der Waals surface area (Å²) in [5, 5.41) is 26.6. The van der Waals surface area contributed by atoms with Gasteiger partial charge in [0.15, 0.2) is 0 Å². The molecule has 1 heterocycles. The molecule has 0 bridgehead atoms. The number of likely N-dealkylation sites (N-methyl/N-ethyl adjacent to an activating group) is 1. The van der Waals surface area contributed by atoms with Crippen molar-refractivity contribution in [3.63, 3.8) is 0 Å². The van der Waals surface area contributed by atoms with Crippen molar-refractivity contribution in [1.29, 1.82) is 0 Å². The first-order valence-corrected chi connectivity index (χ1v) is 8.25. The lowest BCUT2D eigenvalue weighted by molar-refractivity contribution is -0.384. The smallest absolute Gasteiger partial charge is 0.336 e. The van der Waals surface area contributed by atoms with E-state index in [0.717, 1.165) is 0 Å². The number of carbonyl (C=O) groups is 2. The van der Waals surface area contributed by atoms with Gasteiger partial charge in [-0.15, -0.1) is 0 Å². The number of nitrogens with zero attached hydrogens (tertiary/aromatic N) is 1. The van der Waals surface area contributed by atoms with Gasteiger partial charge in [-0.3, -0.25) is 10.1 Å². The fourth-order valence-electron chi connectivity index (χ4n) is 3.02. The van der Waals surface area contributed by atoms with Crippen LogP contribution in [0.15, 0.2) is 46.8 Å². The Labute approximate surface area is 155 Å². The van der Waals surface area contributed by atoms with Gasteiger partial charge in [0.2, 0.25) is 0 Å². The van der Waals surface area contributed by atoms with Gasteiger partial charge in [-0.1, -0.05) is 12.1 Å². The van der Waals surface area contributed by atoms with E-state index in [1.54, 1.807) is 27.0 Å². The first-order chi connectivity index (χ1) is 12.8. The van der Waals surface area contributed by atoms with E-state index in [0.29, 0.717) is 23.5 Å². The highest BCUT2D eigenvalue weighted by atomic mass is 16.6. The second kappa shape index (κ2) is 8.45. The van der Waals surface area contributed by atoms with E-state index in [1.807, 2.05) is 0 Å². The average Bonchev–Trinajstić information content (AvgIpc) is 2.60. The Balaban J connectivity index is 2.57. The molecule has 1 aliphatic rings. The number of benzene rings is 1. The first kappa shape index (κ1) is 20.1. The van der Waals surface area contributed by atoms with Crippen LogP contribution in [0, 0.1) is 10.1 Å². The van der Waals surface area contributed by atoms with Crippen LogP contribution in [0.1, 0.15) is 25.3 Å². The van der Waals surface area contributed by atoms with Gasteiger partial charge in [0, 0.05) is 30.1 Å². The van der Waals surface area contributed by atoms with Gasteiger partial charge >= 0.3 is 11.9 Å². The van der Waals surface area contributed by atoms with Gasteiger partial charge in [0.25, 0.3) is 5.69 Å². The molecule has 1 aromatic carbocycles. The molecule has 0 spiro atoms. The Bertz CT molecular complexity index is 843. The van der Waals surface area contributed by atoms with Crippen LogP contribution in [0.25, 0.3) is 0 Å². The molecule has 1 unspecified atom stereocenters. The molecule has 2 rings (SSSR count). The van der Waals surface area contributed by atoms with Crippen LogP contribution < -0.4 is 10.6 Å². The van der Waals surface area contributed by atoms with Crippen molar-refractivity contribution < 1.29 is 24.4 Å². The number of ether oxygens (including phenoxy) is 1. The lowest BCUT2D eigenvalue weighted by Crippen LogP contribution is -2.32.